The maximum Gasteiger partial charge on any atom is 0.268 e. The first-order chi connectivity index (χ1) is 53.5. The van der Waals surface area contributed by atoms with E-state index in [0.29, 0.717) is 44.3 Å². The van der Waals surface area contributed by atoms with Crippen molar-refractivity contribution in [1.82, 2.24) is 14.1 Å². The third kappa shape index (κ3) is 10.4. The van der Waals surface area contributed by atoms with Crippen molar-refractivity contribution in [3.63, 3.8) is 0 Å². The van der Waals surface area contributed by atoms with Crippen LogP contribution in [0.3, 0.4) is 0 Å². The molecule has 0 aliphatic carbocycles. The number of hydrogen-bond donors (Lipinski definition) is 0. The summed E-state index contributed by atoms with van der Waals surface area (Å²) in [4.78, 5) is 4.70. The maximum atomic E-state index is 11.0. The molecule has 0 atom stereocenters. The summed E-state index contributed by atoms with van der Waals surface area (Å²) in [6.07, 6.45) is 4.71. The molecule has 11 aromatic carbocycles. The number of aryl methyl sites for hydroxylation is 1. The molecule has 0 N–H and O–H groups in total. The number of aromatic nitrogens is 4. The van der Waals surface area contributed by atoms with Crippen molar-refractivity contribution in [2.24, 2.45) is 0 Å². The fourth-order valence-electron chi connectivity index (χ4n) is 11.1. The van der Waals surface area contributed by atoms with E-state index in [9.17, 15) is 21.9 Å². The standard InChI is InChI=1S/C81H66N4OSi.Pt/c1-56-47-78(82-54-73(56)57-27-12-8-13-28-57)85-74-42-21-20-39-71(74)72-46-45-64(53-77(72)85)86-63-31-25-30-62(52-63)83-55-84(76-44-23-22-43-75(76)83)79-69(40-26-41-70(79)59-48-60(80(2,3)4)51-61(49-59)81(5,6)7)58-29-24-38-68(50-58)87(65-32-14-9-15-33-65,66-34-16-10-17-35-66)67-36-18-11-19-37-67;/h8-51,54H,1-7H3;/q-2;/i1D3,8D,9D,10D,11D,12D,13D,14D,15D,16D,17D,18D,19D,24D,27D,28D,29D,32D,33D,34D,35D,36D,37D,38D,50D;. The molecule has 0 aliphatic heterocycles. The fraction of sp³-hybridized carbons (Fsp3) is 0.111. The molecule has 432 valence electrons. The van der Waals surface area contributed by atoms with E-state index in [4.69, 9.17) is 24.8 Å². The molecule has 7 heteroatoms. The fourth-order valence-corrected chi connectivity index (χ4v) is 14.6. The van der Waals surface area contributed by atoms with Gasteiger partial charge in [0.15, 0.2) is 8.07 Å². The minimum atomic E-state index is -6.31. The summed E-state index contributed by atoms with van der Waals surface area (Å²) in [6.45, 7) is 9.38. The molecule has 3 heterocycles. The van der Waals surface area contributed by atoms with Crippen LogP contribution in [0.1, 0.15) is 95.2 Å². The Morgan fingerprint density at radius 1 is 0.511 bits per heavy atom. The van der Waals surface area contributed by atoms with Crippen molar-refractivity contribution in [1.29, 1.82) is 0 Å². The zero-order chi connectivity index (χ0) is 82.8. The van der Waals surface area contributed by atoms with Crippen LogP contribution in [0, 0.1) is 25.3 Å². The average molecular weight is 1360 g/mol. The van der Waals surface area contributed by atoms with E-state index in [2.05, 4.69) is 24.5 Å². The van der Waals surface area contributed by atoms with Crippen LogP contribution in [-0.4, -0.2) is 22.2 Å². The number of benzene rings is 11. The van der Waals surface area contributed by atoms with Crippen LogP contribution in [0.4, 0.5) is 0 Å². The Kier molecular flexibility index (Phi) is 9.06. The summed E-state index contributed by atoms with van der Waals surface area (Å²) in [5.74, 6) is 0.375. The van der Waals surface area contributed by atoms with Gasteiger partial charge in [0.05, 0.1) is 49.6 Å². The van der Waals surface area contributed by atoms with Gasteiger partial charge in [0, 0.05) is 54.0 Å². The van der Waals surface area contributed by atoms with Crippen LogP contribution in [0.2, 0.25) is 0 Å². The Hall–Kier alpha value is -9.45. The third-order valence-corrected chi connectivity index (χ3v) is 19.4. The molecule has 0 saturated carbocycles. The predicted molar refractivity (Wildman–Crippen MR) is 362 cm³/mol. The molecule has 14 rings (SSSR count). The summed E-state index contributed by atoms with van der Waals surface area (Å²) < 4.78 is 262. The van der Waals surface area contributed by atoms with Crippen LogP contribution in [0.5, 0.6) is 11.5 Å². The summed E-state index contributed by atoms with van der Waals surface area (Å²) in [5, 5.41) is -2.52. The van der Waals surface area contributed by atoms with Crippen LogP contribution in [-0.2, 0) is 31.9 Å². The van der Waals surface area contributed by atoms with Gasteiger partial charge in [0.25, 0.3) is 6.33 Å². The maximum absolute atomic E-state index is 11.0. The molecule has 0 fully saturated rings. The summed E-state index contributed by atoms with van der Waals surface area (Å²) in [7, 11) is -6.31. The zero-order valence-corrected chi connectivity index (χ0v) is 51.4. The van der Waals surface area contributed by atoms with Crippen LogP contribution in [0.15, 0.2) is 273 Å². The van der Waals surface area contributed by atoms with Crippen molar-refractivity contribution in [3.05, 3.63) is 308 Å². The van der Waals surface area contributed by atoms with Gasteiger partial charge in [-0.3, -0.25) is 4.57 Å². The van der Waals surface area contributed by atoms with E-state index < -0.39 is 197 Å². The van der Waals surface area contributed by atoms with E-state index >= 15 is 0 Å². The topological polar surface area (TPSA) is 35.9 Å². The minimum absolute atomic E-state index is 0. The number of hydrogen-bond acceptors (Lipinski definition) is 2. The van der Waals surface area contributed by atoms with E-state index in [1.54, 1.807) is 92.6 Å². The molecule has 0 radical (unpaired) electrons. The summed E-state index contributed by atoms with van der Waals surface area (Å²) in [5.41, 5.74) is 2.55. The van der Waals surface area contributed by atoms with Crippen LogP contribution >= 0.6 is 0 Å². The van der Waals surface area contributed by atoms with E-state index in [0.717, 1.165) is 16.5 Å². The molecule has 0 amide bonds. The normalized spacial score (nSPS) is 16.4. The third-order valence-electron chi connectivity index (χ3n) is 15.4. The quantitative estimate of drug-likeness (QED) is 0.0529. The van der Waals surface area contributed by atoms with Crippen molar-refractivity contribution < 1.29 is 67.4 Å². The Bertz CT molecular complexity index is 6190. The Morgan fingerprint density at radius 2 is 1.08 bits per heavy atom. The van der Waals surface area contributed by atoms with Gasteiger partial charge >= 0.3 is 0 Å². The number of rotatable bonds is 12. The number of para-hydroxylation sites is 4. The molecule has 0 spiro atoms. The van der Waals surface area contributed by atoms with Crippen LogP contribution < -0.4 is 30.1 Å². The van der Waals surface area contributed by atoms with Crippen LogP contribution in [0.25, 0.3) is 83.4 Å². The Morgan fingerprint density at radius 3 is 1.73 bits per heavy atom. The van der Waals surface area contributed by atoms with Crippen molar-refractivity contribution >= 4 is 61.7 Å². The van der Waals surface area contributed by atoms with Crippen molar-refractivity contribution in [2.75, 3.05) is 0 Å². The molecule has 5 nitrogen and oxygen atoms in total. The van der Waals surface area contributed by atoms with Gasteiger partial charge in [-0.1, -0.05) is 271 Å². The number of imidazole rings is 1. The molecule has 14 aromatic rings. The van der Waals surface area contributed by atoms with Gasteiger partial charge in [-0.25, -0.2) is 4.98 Å². The monoisotopic (exact) mass is 1360 g/mol. The smallest absolute Gasteiger partial charge is 0.268 e. The molecule has 88 heavy (non-hydrogen) atoms. The molecule has 0 saturated heterocycles. The molecule has 0 bridgehead atoms. The minimum Gasteiger partial charge on any atom is -0.510 e. The predicted octanol–water partition coefficient (Wildman–Crippen LogP) is 16.9. The Labute approximate surface area is 570 Å². The second kappa shape index (κ2) is 23.3. The molecular formula is C81H66N4OPtSi-2. The number of nitrogens with zero attached hydrogens (tertiary/aromatic N) is 4. The van der Waals surface area contributed by atoms with Gasteiger partial charge in [0.2, 0.25) is 0 Å². The van der Waals surface area contributed by atoms with Crippen molar-refractivity contribution in [2.45, 2.75) is 59.2 Å². The molecule has 0 unspecified atom stereocenters. The second-order valence-electron chi connectivity index (χ2n) is 22.8. The van der Waals surface area contributed by atoms with Crippen molar-refractivity contribution in [3.8, 4) is 62.1 Å². The number of ether oxygens (including phenoxy) is 1. The molecule has 3 aromatic heterocycles. The zero-order valence-electron chi connectivity index (χ0n) is 75.1. The van der Waals surface area contributed by atoms with Gasteiger partial charge in [-0.2, -0.15) is 18.2 Å². The van der Waals surface area contributed by atoms with Gasteiger partial charge in [0.1, 0.15) is 5.82 Å². The largest absolute Gasteiger partial charge is 0.510 e. The molecule has 0 aliphatic rings. The van der Waals surface area contributed by atoms with Gasteiger partial charge in [-0.05, 0) is 106 Å². The Balaban J connectivity index is 0.0000115. The summed E-state index contributed by atoms with van der Waals surface area (Å²) in [6, 6.07) is 18.3. The van der Waals surface area contributed by atoms with E-state index in [1.807, 2.05) is 65.8 Å². The molecular weight excluding hydrogens is 1270 g/mol. The first-order valence-electron chi connectivity index (χ1n) is 41.3. The SMILES string of the molecule is [2H]c1c([2H])c([2H])c(-c2cnc(-n3c4[c-]c(Oc5[c-]c(-n6[c-][n+](-c7c(-c8cc(C(C)(C)C)cc(C(C)(C)C)c8)cccc7-c7c([2H])c([2H])c([2H])c([Si](c8c([2H])c([2H])c([2H])c([2H])c8[2H])(c8c([2H])c([2H])c([2H])c([2H])c8[2H])c8c([2H])c([2H])c([2H])c([2H])c8[2H])c7[2H])c7ccccc76)ccc5)ccc4c4ccccc43)cc2C([2H])([2H])[2H])c([2H])c1[2H].[Pt]. The number of pyridine rings is 1. The van der Waals surface area contributed by atoms with E-state index in [1.165, 1.54) is 18.3 Å². The average Bonchev–Trinajstić information content (AvgIpc) is 0.843. The number of fused-ring (bicyclic) bond motifs is 4. The summed E-state index contributed by atoms with van der Waals surface area (Å²) >= 11 is 0. The van der Waals surface area contributed by atoms with Gasteiger partial charge in [-0.15, -0.1) is 29.7 Å². The van der Waals surface area contributed by atoms with Gasteiger partial charge < -0.3 is 13.9 Å². The first kappa shape index (κ1) is 34.2. The first-order valence-corrected chi connectivity index (χ1v) is 29.8. The second-order valence-corrected chi connectivity index (χ2v) is 26.3. The van der Waals surface area contributed by atoms with E-state index in [-0.39, 0.29) is 66.3 Å².